The number of methoxy groups -OCH3 is 1. The average molecular weight is 409 g/mol. The standard InChI is InChI=1S/C20H31N3O6/c1-20(2,3)29-18(25)21-11-12-23(4)13-16(17(24)27-5)22-19(26)28-14-15-9-7-6-8-10-15/h6-10,16H,11-14H2,1-5H3,(H,21,25)(H,22,26)/t16-/m0/s1. The molecule has 162 valence electrons. The number of rotatable bonds is 9. The molecule has 1 rings (SSSR count). The summed E-state index contributed by atoms with van der Waals surface area (Å²) in [6.07, 6.45) is -1.23. The van der Waals surface area contributed by atoms with Gasteiger partial charge >= 0.3 is 18.2 Å². The Morgan fingerprint density at radius 3 is 2.34 bits per heavy atom. The molecule has 0 fully saturated rings. The van der Waals surface area contributed by atoms with E-state index in [1.165, 1.54) is 7.11 Å². The monoisotopic (exact) mass is 409 g/mol. The number of hydrogen-bond donors (Lipinski definition) is 2. The molecule has 0 unspecified atom stereocenters. The van der Waals surface area contributed by atoms with E-state index < -0.39 is 29.8 Å². The van der Waals surface area contributed by atoms with Crippen molar-refractivity contribution in [1.82, 2.24) is 15.5 Å². The molecule has 2 N–H and O–H groups in total. The second-order valence-electron chi connectivity index (χ2n) is 7.47. The Hall–Kier alpha value is -2.81. The first-order valence-electron chi connectivity index (χ1n) is 9.31. The van der Waals surface area contributed by atoms with Gasteiger partial charge in [-0.3, -0.25) is 0 Å². The molecule has 1 atom stereocenters. The SMILES string of the molecule is COC(=O)[C@H](CN(C)CCNC(=O)OC(C)(C)C)NC(=O)OCc1ccccc1. The minimum atomic E-state index is -0.908. The molecule has 1 aromatic rings. The molecule has 0 aliphatic carbocycles. The van der Waals surface area contributed by atoms with Crippen LogP contribution < -0.4 is 10.6 Å². The Bertz CT molecular complexity index is 660. The molecule has 9 nitrogen and oxygen atoms in total. The summed E-state index contributed by atoms with van der Waals surface area (Å²) in [6.45, 7) is 6.37. The van der Waals surface area contributed by atoms with E-state index in [9.17, 15) is 14.4 Å². The molecule has 0 aliphatic rings. The predicted molar refractivity (Wildman–Crippen MR) is 107 cm³/mol. The number of nitrogens with zero attached hydrogens (tertiary/aromatic N) is 1. The molecule has 0 bridgehead atoms. The molecule has 0 aliphatic heterocycles. The van der Waals surface area contributed by atoms with Gasteiger partial charge in [-0.2, -0.15) is 0 Å². The number of nitrogens with one attached hydrogen (secondary N) is 2. The van der Waals surface area contributed by atoms with E-state index in [1.54, 1.807) is 32.7 Å². The van der Waals surface area contributed by atoms with Gasteiger partial charge in [0.25, 0.3) is 0 Å². The lowest BCUT2D eigenvalue weighted by molar-refractivity contribution is -0.143. The molecule has 0 aromatic heterocycles. The van der Waals surface area contributed by atoms with Crippen LogP contribution in [-0.2, 0) is 25.6 Å². The van der Waals surface area contributed by atoms with Crippen molar-refractivity contribution in [2.75, 3.05) is 33.8 Å². The van der Waals surface area contributed by atoms with Gasteiger partial charge in [-0.15, -0.1) is 0 Å². The highest BCUT2D eigenvalue weighted by Gasteiger charge is 2.24. The van der Waals surface area contributed by atoms with Gasteiger partial charge in [0.2, 0.25) is 0 Å². The van der Waals surface area contributed by atoms with Gasteiger partial charge in [0, 0.05) is 19.6 Å². The lowest BCUT2D eigenvalue weighted by atomic mass is 10.2. The maximum absolute atomic E-state index is 12.0. The Morgan fingerprint density at radius 1 is 1.10 bits per heavy atom. The first kappa shape index (κ1) is 24.2. The number of likely N-dealkylation sites (N-methyl/N-ethyl adjacent to an activating group) is 1. The van der Waals surface area contributed by atoms with E-state index in [0.29, 0.717) is 13.1 Å². The van der Waals surface area contributed by atoms with Crippen LogP contribution in [0.15, 0.2) is 30.3 Å². The van der Waals surface area contributed by atoms with Crippen LogP contribution in [-0.4, -0.2) is 68.5 Å². The first-order valence-corrected chi connectivity index (χ1v) is 9.31. The van der Waals surface area contributed by atoms with Crippen LogP contribution in [0, 0.1) is 0 Å². The summed E-state index contributed by atoms with van der Waals surface area (Å²) in [6, 6.07) is 8.30. The summed E-state index contributed by atoms with van der Waals surface area (Å²) in [5.41, 5.74) is 0.262. The third kappa shape index (κ3) is 10.9. The largest absolute Gasteiger partial charge is 0.467 e. The van der Waals surface area contributed by atoms with Gasteiger partial charge in [-0.05, 0) is 33.4 Å². The number of ether oxygens (including phenoxy) is 3. The van der Waals surface area contributed by atoms with Gasteiger partial charge in [0.1, 0.15) is 18.2 Å². The molecule has 9 heteroatoms. The molecule has 0 saturated carbocycles. The molecule has 0 saturated heterocycles. The zero-order chi connectivity index (χ0) is 21.9. The van der Waals surface area contributed by atoms with Gasteiger partial charge in [0.15, 0.2) is 0 Å². The Balaban J connectivity index is 2.44. The van der Waals surface area contributed by atoms with Crippen molar-refractivity contribution in [3.05, 3.63) is 35.9 Å². The van der Waals surface area contributed by atoms with Gasteiger partial charge in [-0.25, -0.2) is 14.4 Å². The quantitative estimate of drug-likeness (QED) is 0.474. The molecular formula is C20H31N3O6. The number of benzene rings is 1. The zero-order valence-corrected chi connectivity index (χ0v) is 17.7. The molecule has 2 amide bonds. The van der Waals surface area contributed by atoms with Crippen LogP contribution in [0.2, 0.25) is 0 Å². The maximum Gasteiger partial charge on any atom is 0.408 e. The third-order valence-corrected chi connectivity index (χ3v) is 3.65. The highest BCUT2D eigenvalue weighted by atomic mass is 16.6. The highest BCUT2D eigenvalue weighted by molar-refractivity contribution is 5.81. The summed E-state index contributed by atoms with van der Waals surface area (Å²) >= 11 is 0. The normalized spacial score (nSPS) is 12.1. The fourth-order valence-electron chi connectivity index (χ4n) is 2.29. The fraction of sp³-hybridized carbons (Fsp3) is 0.550. The lowest BCUT2D eigenvalue weighted by Gasteiger charge is -2.24. The summed E-state index contributed by atoms with van der Waals surface area (Å²) < 4.78 is 15.0. The summed E-state index contributed by atoms with van der Waals surface area (Å²) in [4.78, 5) is 37.4. The zero-order valence-electron chi connectivity index (χ0n) is 17.7. The Kier molecular flexibility index (Phi) is 9.94. The van der Waals surface area contributed by atoms with E-state index in [4.69, 9.17) is 14.2 Å². The molecule has 0 spiro atoms. The fourth-order valence-corrected chi connectivity index (χ4v) is 2.29. The number of alkyl carbamates (subject to hydrolysis) is 2. The number of hydrogen-bond acceptors (Lipinski definition) is 7. The molecule has 29 heavy (non-hydrogen) atoms. The molecule has 0 radical (unpaired) electrons. The smallest absolute Gasteiger partial charge is 0.408 e. The topological polar surface area (TPSA) is 106 Å². The summed E-state index contributed by atoms with van der Waals surface area (Å²) in [5, 5.41) is 5.14. The van der Waals surface area contributed by atoms with Crippen molar-refractivity contribution in [1.29, 1.82) is 0 Å². The predicted octanol–water partition coefficient (Wildman–Crippen LogP) is 1.91. The maximum atomic E-state index is 12.0. The minimum absolute atomic E-state index is 0.0935. The van der Waals surface area contributed by atoms with Gasteiger partial charge in [0.05, 0.1) is 7.11 Å². The van der Waals surface area contributed by atoms with E-state index in [1.807, 2.05) is 30.3 Å². The van der Waals surface area contributed by atoms with Crippen LogP contribution in [0.25, 0.3) is 0 Å². The van der Waals surface area contributed by atoms with Crippen molar-refractivity contribution < 1.29 is 28.6 Å². The molecule has 0 heterocycles. The van der Waals surface area contributed by atoms with Crippen molar-refractivity contribution in [2.24, 2.45) is 0 Å². The van der Waals surface area contributed by atoms with Crippen LogP contribution in [0.4, 0.5) is 9.59 Å². The van der Waals surface area contributed by atoms with Crippen molar-refractivity contribution in [3.63, 3.8) is 0 Å². The van der Waals surface area contributed by atoms with E-state index in [2.05, 4.69) is 10.6 Å². The number of carbonyl (C=O) groups is 3. The van der Waals surface area contributed by atoms with E-state index >= 15 is 0 Å². The second kappa shape index (κ2) is 11.9. The lowest BCUT2D eigenvalue weighted by Crippen LogP contribution is -2.49. The number of carbonyl (C=O) groups excluding carboxylic acids is 3. The molecular weight excluding hydrogens is 378 g/mol. The summed E-state index contributed by atoms with van der Waals surface area (Å²) in [5.74, 6) is -0.589. The Labute approximate surface area is 171 Å². The van der Waals surface area contributed by atoms with Crippen molar-refractivity contribution in [2.45, 2.75) is 39.0 Å². The molecule has 1 aromatic carbocycles. The van der Waals surface area contributed by atoms with E-state index in [0.717, 1.165) is 5.56 Å². The first-order chi connectivity index (χ1) is 13.6. The number of esters is 1. The van der Waals surface area contributed by atoms with Gasteiger partial charge < -0.3 is 29.7 Å². The minimum Gasteiger partial charge on any atom is -0.467 e. The highest BCUT2D eigenvalue weighted by Crippen LogP contribution is 2.06. The van der Waals surface area contributed by atoms with Crippen molar-refractivity contribution in [3.8, 4) is 0 Å². The van der Waals surface area contributed by atoms with Gasteiger partial charge in [-0.1, -0.05) is 30.3 Å². The van der Waals surface area contributed by atoms with Crippen LogP contribution in [0.1, 0.15) is 26.3 Å². The summed E-state index contributed by atoms with van der Waals surface area (Å²) in [7, 11) is 3.00. The number of amides is 2. The van der Waals surface area contributed by atoms with Crippen LogP contribution >= 0.6 is 0 Å². The van der Waals surface area contributed by atoms with Crippen molar-refractivity contribution >= 4 is 18.2 Å². The van der Waals surface area contributed by atoms with E-state index in [-0.39, 0.29) is 13.2 Å². The second-order valence-corrected chi connectivity index (χ2v) is 7.47. The van der Waals surface area contributed by atoms with Crippen LogP contribution in [0.3, 0.4) is 0 Å². The van der Waals surface area contributed by atoms with Crippen LogP contribution in [0.5, 0.6) is 0 Å². The third-order valence-electron chi connectivity index (χ3n) is 3.65. The Morgan fingerprint density at radius 2 is 1.76 bits per heavy atom. The average Bonchev–Trinajstić information content (AvgIpc) is 2.64.